The van der Waals surface area contributed by atoms with Crippen LogP contribution in [0.3, 0.4) is 0 Å². The highest BCUT2D eigenvalue weighted by Crippen LogP contribution is 2.23. The molecule has 0 unspecified atom stereocenters. The third-order valence-electron chi connectivity index (χ3n) is 5.36. The minimum absolute atomic E-state index is 0.00499. The Morgan fingerprint density at radius 2 is 1.64 bits per heavy atom. The number of rotatable bonds is 8. The van der Waals surface area contributed by atoms with E-state index in [1.54, 1.807) is 40.9 Å². The van der Waals surface area contributed by atoms with Crippen molar-refractivity contribution in [2.24, 2.45) is 0 Å². The summed E-state index contributed by atoms with van der Waals surface area (Å²) < 4.78 is 2.01. The minimum Gasteiger partial charge on any atom is -0.339 e. The van der Waals surface area contributed by atoms with E-state index in [0.717, 1.165) is 22.0 Å². The van der Waals surface area contributed by atoms with Gasteiger partial charge >= 0.3 is 0 Å². The molecule has 2 heterocycles. The van der Waals surface area contributed by atoms with Gasteiger partial charge in [0, 0.05) is 52.9 Å². The maximum absolute atomic E-state index is 12.6. The number of hydrogen-bond donors (Lipinski definition) is 1. The van der Waals surface area contributed by atoms with Crippen LogP contribution in [-0.4, -0.2) is 39.2 Å². The Labute approximate surface area is 197 Å². The van der Waals surface area contributed by atoms with E-state index in [-0.39, 0.29) is 11.8 Å². The van der Waals surface area contributed by atoms with Crippen LogP contribution in [0.5, 0.6) is 0 Å². The van der Waals surface area contributed by atoms with Gasteiger partial charge in [0.1, 0.15) is 5.65 Å². The fourth-order valence-electron chi connectivity index (χ4n) is 3.51. The average Bonchev–Trinajstić information content (AvgIpc) is 3.27. The van der Waals surface area contributed by atoms with Crippen molar-refractivity contribution in [1.82, 2.24) is 14.3 Å². The molecule has 2 aromatic heterocycles. The van der Waals surface area contributed by atoms with Gasteiger partial charge in [-0.3, -0.25) is 9.59 Å². The molecule has 0 spiro atoms. The first-order valence-corrected chi connectivity index (χ1v) is 11.9. The predicted molar refractivity (Wildman–Crippen MR) is 133 cm³/mol. The van der Waals surface area contributed by atoms with Crippen molar-refractivity contribution in [1.29, 1.82) is 0 Å². The lowest BCUT2D eigenvalue weighted by Gasteiger charge is -2.18. The number of pyridine rings is 1. The summed E-state index contributed by atoms with van der Waals surface area (Å²) >= 11 is 1.68. The van der Waals surface area contributed by atoms with Crippen molar-refractivity contribution in [3.63, 3.8) is 0 Å². The van der Waals surface area contributed by atoms with E-state index in [4.69, 9.17) is 0 Å². The van der Waals surface area contributed by atoms with Crippen LogP contribution in [0, 0.1) is 0 Å². The number of imidazole rings is 1. The van der Waals surface area contributed by atoms with Crippen LogP contribution in [-0.2, 0) is 5.75 Å². The molecule has 0 saturated heterocycles. The van der Waals surface area contributed by atoms with E-state index < -0.39 is 0 Å². The van der Waals surface area contributed by atoms with Crippen molar-refractivity contribution >= 4 is 34.9 Å². The Balaban J connectivity index is 1.33. The molecule has 33 heavy (non-hydrogen) atoms. The van der Waals surface area contributed by atoms with Gasteiger partial charge in [0.2, 0.25) is 0 Å². The first kappa shape index (κ1) is 22.6. The summed E-state index contributed by atoms with van der Waals surface area (Å²) in [7, 11) is 0. The zero-order valence-electron chi connectivity index (χ0n) is 18.7. The zero-order chi connectivity index (χ0) is 23.2. The van der Waals surface area contributed by atoms with E-state index in [1.807, 2.05) is 73.1 Å². The van der Waals surface area contributed by atoms with Crippen molar-refractivity contribution in [2.45, 2.75) is 24.5 Å². The fourth-order valence-corrected chi connectivity index (χ4v) is 4.29. The molecule has 0 aliphatic carbocycles. The van der Waals surface area contributed by atoms with Crippen LogP contribution < -0.4 is 5.32 Å². The number of nitrogens with one attached hydrogen (secondary N) is 1. The van der Waals surface area contributed by atoms with E-state index in [1.165, 1.54) is 0 Å². The standard InChI is InChI=1S/C26H26N4O2S/c1-3-29(4-2)26(32)20-8-12-21(13-9-20)28-25(31)19-10-14-23(15-11-19)33-18-22-17-30-16-6-5-7-24(30)27-22/h5-17H,3-4,18H2,1-2H3,(H,28,31). The molecular weight excluding hydrogens is 432 g/mol. The van der Waals surface area contributed by atoms with Crippen molar-refractivity contribution in [3.05, 3.63) is 95.9 Å². The van der Waals surface area contributed by atoms with Crippen LogP contribution in [0.15, 0.2) is 84.0 Å². The molecule has 0 saturated carbocycles. The van der Waals surface area contributed by atoms with E-state index in [0.29, 0.717) is 29.9 Å². The Hall–Kier alpha value is -3.58. The number of amides is 2. The highest BCUT2D eigenvalue weighted by molar-refractivity contribution is 7.98. The van der Waals surface area contributed by atoms with Gasteiger partial charge in [-0.25, -0.2) is 4.98 Å². The van der Waals surface area contributed by atoms with Gasteiger partial charge in [0.25, 0.3) is 11.8 Å². The Morgan fingerprint density at radius 3 is 2.30 bits per heavy atom. The van der Waals surface area contributed by atoms with Crippen molar-refractivity contribution < 1.29 is 9.59 Å². The highest BCUT2D eigenvalue weighted by atomic mass is 32.2. The smallest absolute Gasteiger partial charge is 0.255 e. The molecule has 0 atom stereocenters. The lowest BCUT2D eigenvalue weighted by atomic mass is 10.1. The molecule has 0 fully saturated rings. The van der Waals surface area contributed by atoms with Gasteiger partial charge < -0.3 is 14.6 Å². The largest absolute Gasteiger partial charge is 0.339 e. The number of nitrogens with zero attached hydrogens (tertiary/aromatic N) is 3. The molecule has 0 aliphatic heterocycles. The molecule has 1 N–H and O–H groups in total. The van der Waals surface area contributed by atoms with Gasteiger partial charge in [-0.15, -0.1) is 11.8 Å². The number of thioether (sulfide) groups is 1. The number of fused-ring (bicyclic) bond motifs is 1. The maximum Gasteiger partial charge on any atom is 0.255 e. The molecule has 0 radical (unpaired) electrons. The topological polar surface area (TPSA) is 66.7 Å². The molecule has 4 rings (SSSR count). The quantitative estimate of drug-likeness (QED) is 0.361. The molecular formula is C26H26N4O2S. The van der Waals surface area contributed by atoms with E-state index >= 15 is 0 Å². The zero-order valence-corrected chi connectivity index (χ0v) is 19.5. The molecule has 2 amide bonds. The molecule has 0 bridgehead atoms. The minimum atomic E-state index is -0.185. The van der Waals surface area contributed by atoms with Crippen molar-refractivity contribution in [2.75, 3.05) is 18.4 Å². The van der Waals surface area contributed by atoms with Crippen molar-refractivity contribution in [3.8, 4) is 0 Å². The summed E-state index contributed by atoms with van der Waals surface area (Å²) in [6.45, 7) is 5.25. The third kappa shape index (κ3) is 5.43. The first-order chi connectivity index (χ1) is 16.1. The highest BCUT2D eigenvalue weighted by Gasteiger charge is 2.13. The van der Waals surface area contributed by atoms with Gasteiger partial charge in [-0.05, 0) is 74.5 Å². The van der Waals surface area contributed by atoms with Crippen LogP contribution in [0.25, 0.3) is 5.65 Å². The number of anilines is 1. The normalized spacial score (nSPS) is 10.8. The molecule has 0 aliphatic rings. The van der Waals surface area contributed by atoms with Gasteiger partial charge in [-0.1, -0.05) is 6.07 Å². The predicted octanol–water partition coefficient (Wildman–Crippen LogP) is 5.36. The second-order valence-corrected chi connectivity index (χ2v) is 8.57. The van der Waals surface area contributed by atoms with Crippen LogP contribution in [0.1, 0.15) is 40.3 Å². The number of benzene rings is 2. The second kappa shape index (κ2) is 10.4. The van der Waals surface area contributed by atoms with E-state index in [2.05, 4.69) is 10.3 Å². The number of aromatic nitrogens is 2. The second-order valence-electron chi connectivity index (χ2n) is 7.52. The summed E-state index contributed by atoms with van der Waals surface area (Å²) in [5.74, 6) is 0.565. The van der Waals surface area contributed by atoms with Gasteiger partial charge in [0.15, 0.2) is 0 Å². The number of carbonyl (C=O) groups is 2. The Kier molecular flexibility index (Phi) is 7.10. The third-order valence-corrected chi connectivity index (χ3v) is 6.40. The molecule has 6 nitrogen and oxygen atoms in total. The Morgan fingerprint density at radius 1 is 0.939 bits per heavy atom. The van der Waals surface area contributed by atoms with Gasteiger partial charge in [-0.2, -0.15) is 0 Å². The van der Waals surface area contributed by atoms with Crippen LogP contribution in [0.2, 0.25) is 0 Å². The SMILES string of the molecule is CCN(CC)C(=O)c1ccc(NC(=O)c2ccc(SCc3cn4ccccc4n3)cc2)cc1. The molecule has 2 aromatic carbocycles. The maximum atomic E-state index is 12.6. The first-order valence-electron chi connectivity index (χ1n) is 10.9. The van der Waals surface area contributed by atoms with Gasteiger partial charge in [0.05, 0.1) is 5.69 Å². The summed E-state index contributed by atoms with van der Waals surface area (Å²) in [5, 5.41) is 2.89. The summed E-state index contributed by atoms with van der Waals surface area (Å²) in [6.07, 6.45) is 4.02. The fraction of sp³-hybridized carbons (Fsp3) is 0.192. The lowest BCUT2D eigenvalue weighted by Crippen LogP contribution is -2.30. The number of carbonyl (C=O) groups excluding carboxylic acids is 2. The lowest BCUT2D eigenvalue weighted by molar-refractivity contribution is 0.0773. The van der Waals surface area contributed by atoms with Crippen LogP contribution in [0.4, 0.5) is 5.69 Å². The summed E-state index contributed by atoms with van der Waals surface area (Å²) in [6, 6.07) is 20.5. The number of hydrogen-bond acceptors (Lipinski definition) is 4. The summed E-state index contributed by atoms with van der Waals surface area (Å²) in [4.78, 5) is 32.5. The summed E-state index contributed by atoms with van der Waals surface area (Å²) in [5.41, 5.74) is 3.79. The average molecular weight is 459 g/mol. The molecule has 168 valence electrons. The van der Waals surface area contributed by atoms with Crippen LogP contribution >= 0.6 is 11.8 Å². The monoisotopic (exact) mass is 458 g/mol. The molecule has 7 heteroatoms. The Bertz CT molecular complexity index is 1210. The van der Waals surface area contributed by atoms with E-state index in [9.17, 15) is 9.59 Å². The molecule has 4 aromatic rings.